The molecule has 3 heterocycles. The van der Waals surface area contributed by atoms with Crippen LogP contribution in [0.4, 0.5) is 0 Å². The van der Waals surface area contributed by atoms with Crippen LogP contribution >= 0.6 is 11.6 Å². The molecule has 0 aliphatic heterocycles. The van der Waals surface area contributed by atoms with E-state index >= 15 is 0 Å². The van der Waals surface area contributed by atoms with Gasteiger partial charge < -0.3 is 4.74 Å². The van der Waals surface area contributed by atoms with E-state index in [2.05, 4.69) is 20.2 Å². The smallest absolute Gasteiger partial charge is 0.367 e. The molecule has 9 heteroatoms. The number of aromatic nitrogens is 6. The minimum absolute atomic E-state index is 0.163. The lowest BCUT2D eigenvalue weighted by molar-refractivity contribution is 0.484. The summed E-state index contributed by atoms with van der Waals surface area (Å²) in [5.74, 6) is 1.04. The highest BCUT2D eigenvalue weighted by Gasteiger charge is 2.19. The van der Waals surface area contributed by atoms with E-state index in [0.717, 1.165) is 11.1 Å². The lowest BCUT2D eigenvalue weighted by Gasteiger charge is -2.12. The van der Waals surface area contributed by atoms with Crippen LogP contribution < -0.4 is 10.4 Å². The van der Waals surface area contributed by atoms with Crippen molar-refractivity contribution in [3.05, 3.63) is 100 Å². The van der Waals surface area contributed by atoms with E-state index in [1.165, 1.54) is 9.20 Å². The van der Waals surface area contributed by atoms with Crippen molar-refractivity contribution in [1.29, 1.82) is 0 Å². The fraction of sp³-hybridized carbons (Fsp3) is 0.0870. The van der Waals surface area contributed by atoms with Crippen molar-refractivity contribution in [2.24, 2.45) is 0 Å². The average Bonchev–Trinajstić information content (AvgIpc) is 3.12. The number of ether oxygens (including phenoxy) is 1. The predicted octanol–water partition coefficient (Wildman–Crippen LogP) is 4.15. The number of hydrogen-bond donors (Lipinski definition) is 0. The summed E-state index contributed by atoms with van der Waals surface area (Å²) in [7, 11) is 0. The number of rotatable bonds is 5. The van der Waals surface area contributed by atoms with Crippen molar-refractivity contribution >= 4 is 17.2 Å². The van der Waals surface area contributed by atoms with Gasteiger partial charge in [0.15, 0.2) is 5.75 Å². The van der Waals surface area contributed by atoms with E-state index in [0.29, 0.717) is 33.4 Å². The molecule has 8 nitrogen and oxygen atoms in total. The maximum Gasteiger partial charge on any atom is 0.367 e. The molecule has 5 rings (SSSR count). The highest BCUT2D eigenvalue weighted by molar-refractivity contribution is 6.30. The second kappa shape index (κ2) is 8.24. The molecular formula is C23H17ClN6O2. The molecule has 158 valence electrons. The Hall–Kier alpha value is -4.04. The lowest BCUT2D eigenvalue weighted by atomic mass is 10.1. The molecule has 0 atom stereocenters. The minimum Gasteiger partial charge on any atom is -0.453 e. The quantitative estimate of drug-likeness (QED) is 0.404. The summed E-state index contributed by atoms with van der Waals surface area (Å²) in [5.41, 5.74) is 3.14. The third-order valence-electron chi connectivity index (χ3n) is 4.89. The van der Waals surface area contributed by atoms with Crippen molar-refractivity contribution in [1.82, 2.24) is 29.4 Å². The molecule has 32 heavy (non-hydrogen) atoms. The molecule has 0 aliphatic carbocycles. The van der Waals surface area contributed by atoms with Crippen molar-refractivity contribution in [2.75, 3.05) is 0 Å². The Morgan fingerprint density at radius 3 is 2.50 bits per heavy atom. The fourth-order valence-electron chi connectivity index (χ4n) is 3.27. The standard InChI is InChI=1S/C23H17ClN6O2/c1-15-2-8-19(9-3-15)32-21-20(16-4-6-17(24)7-5-16)13-27-30-22(21)28-29(23(30)31)14-18-12-25-10-11-26-18/h2-13H,14H2,1H3. The van der Waals surface area contributed by atoms with E-state index in [9.17, 15) is 4.79 Å². The van der Waals surface area contributed by atoms with Crippen LogP contribution in [0.5, 0.6) is 11.5 Å². The molecule has 0 amide bonds. The highest BCUT2D eigenvalue weighted by Crippen LogP contribution is 2.35. The van der Waals surface area contributed by atoms with Gasteiger partial charge in [0.1, 0.15) is 5.75 Å². The van der Waals surface area contributed by atoms with E-state index < -0.39 is 5.69 Å². The molecule has 0 saturated heterocycles. The molecule has 0 spiro atoms. The number of fused-ring (bicyclic) bond motifs is 1. The van der Waals surface area contributed by atoms with Crippen LogP contribution in [0.2, 0.25) is 5.02 Å². The number of aryl methyl sites for hydroxylation is 1. The van der Waals surface area contributed by atoms with Crippen molar-refractivity contribution in [2.45, 2.75) is 13.5 Å². The summed E-state index contributed by atoms with van der Waals surface area (Å²) >= 11 is 6.06. The van der Waals surface area contributed by atoms with Gasteiger partial charge in [0.2, 0.25) is 5.65 Å². The third kappa shape index (κ3) is 3.83. The van der Waals surface area contributed by atoms with Crippen LogP contribution in [0.15, 0.2) is 78.1 Å². The highest BCUT2D eigenvalue weighted by atomic mass is 35.5. The molecule has 3 aromatic heterocycles. The fourth-order valence-corrected chi connectivity index (χ4v) is 3.39. The molecule has 2 aromatic carbocycles. The monoisotopic (exact) mass is 444 g/mol. The van der Waals surface area contributed by atoms with Gasteiger partial charge in [0, 0.05) is 23.0 Å². The maximum atomic E-state index is 13.0. The third-order valence-corrected chi connectivity index (χ3v) is 5.14. The summed E-state index contributed by atoms with van der Waals surface area (Å²) in [6.07, 6.45) is 6.32. The van der Waals surface area contributed by atoms with Gasteiger partial charge in [0.05, 0.1) is 24.6 Å². The van der Waals surface area contributed by atoms with Gasteiger partial charge in [-0.2, -0.15) is 9.61 Å². The Morgan fingerprint density at radius 1 is 1.00 bits per heavy atom. The SMILES string of the molecule is Cc1ccc(Oc2c(-c3ccc(Cl)cc3)cnn3c(=O)n(Cc4cnccn4)nc23)cc1. The first kappa shape index (κ1) is 19.9. The molecule has 0 radical (unpaired) electrons. The van der Waals surface area contributed by atoms with Gasteiger partial charge in [0.25, 0.3) is 0 Å². The van der Waals surface area contributed by atoms with E-state index in [1.807, 2.05) is 43.3 Å². The Kier molecular flexibility index (Phi) is 5.12. The van der Waals surface area contributed by atoms with Crippen LogP contribution in [0.1, 0.15) is 11.3 Å². The zero-order valence-electron chi connectivity index (χ0n) is 17.0. The van der Waals surface area contributed by atoms with Crippen LogP contribution in [0, 0.1) is 6.92 Å². The number of benzene rings is 2. The molecule has 0 unspecified atom stereocenters. The van der Waals surface area contributed by atoms with Crippen LogP contribution in [0.25, 0.3) is 16.8 Å². The maximum absolute atomic E-state index is 13.0. The molecule has 0 N–H and O–H groups in total. The second-order valence-corrected chi connectivity index (χ2v) is 7.62. The van der Waals surface area contributed by atoms with Crippen molar-refractivity contribution < 1.29 is 4.74 Å². The molecule has 0 aliphatic rings. The van der Waals surface area contributed by atoms with Crippen LogP contribution in [0.3, 0.4) is 0 Å². The first-order valence-electron chi connectivity index (χ1n) is 9.83. The first-order chi connectivity index (χ1) is 15.6. The van der Waals surface area contributed by atoms with Crippen LogP contribution in [-0.2, 0) is 6.54 Å². The van der Waals surface area contributed by atoms with Gasteiger partial charge in [-0.25, -0.2) is 9.48 Å². The number of halogens is 1. The summed E-state index contributed by atoms with van der Waals surface area (Å²) in [6, 6.07) is 15.0. The van der Waals surface area contributed by atoms with Gasteiger partial charge in [-0.1, -0.05) is 41.4 Å². The second-order valence-electron chi connectivity index (χ2n) is 7.18. The normalized spacial score (nSPS) is 11.1. The van der Waals surface area contributed by atoms with Gasteiger partial charge in [-0.15, -0.1) is 5.10 Å². The zero-order valence-corrected chi connectivity index (χ0v) is 17.8. The number of nitrogens with zero attached hydrogens (tertiary/aromatic N) is 6. The van der Waals surface area contributed by atoms with Gasteiger partial charge in [-0.05, 0) is 36.8 Å². The van der Waals surface area contributed by atoms with Gasteiger partial charge in [-0.3, -0.25) is 9.97 Å². The first-order valence-corrected chi connectivity index (χ1v) is 10.2. The zero-order chi connectivity index (χ0) is 22.1. The van der Waals surface area contributed by atoms with E-state index in [1.54, 1.807) is 36.9 Å². The number of hydrogen-bond acceptors (Lipinski definition) is 6. The Bertz CT molecular complexity index is 1440. The van der Waals surface area contributed by atoms with E-state index in [4.69, 9.17) is 16.3 Å². The Labute approximate surface area is 187 Å². The van der Waals surface area contributed by atoms with Crippen molar-refractivity contribution in [3.8, 4) is 22.6 Å². The average molecular weight is 445 g/mol. The van der Waals surface area contributed by atoms with Crippen molar-refractivity contribution in [3.63, 3.8) is 0 Å². The predicted molar refractivity (Wildman–Crippen MR) is 120 cm³/mol. The summed E-state index contributed by atoms with van der Waals surface area (Å²) in [5, 5.41) is 9.46. The Balaban J connectivity index is 1.68. The molecular weight excluding hydrogens is 428 g/mol. The molecule has 5 aromatic rings. The van der Waals surface area contributed by atoms with E-state index in [-0.39, 0.29) is 6.54 Å². The lowest BCUT2D eigenvalue weighted by Crippen LogP contribution is -2.23. The molecule has 0 fully saturated rings. The summed E-state index contributed by atoms with van der Waals surface area (Å²) < 4.78 is 8.76. The van der Waals surface area contributed by atoms with Gasteiger partial charge >= 0.3 is 5.69 Å². The largest absolute Gasteiger partial charge is 0.453 e. The Morgan fingerprint density at radius 2 is 1.78 bits per heavy atom. The minimum atomic E-state index is -0.401. The molecule has 0 saturated carbocycles. The summed E-state index contributed by atoms with van der Waals surface area (Å²) in [4.78, 5) is 21.2. The molecule has 0 bridgehead atoms. The summed E-state index contributed by atoms with van der Waals surface area (Å²) in [6.45, 7) is 2.16. The topological polar surface area (TPSA) is 87.2 Å². The van der Waals surface area contributed by atoms with Crippen LogP contribution in [-0.4, -0.2) is 29.4 Å².